The molecule has 0 unspecified atom stereocenters. The van der Waals surface area contributed by atoms with E-state index in [0.29, 0.717) is 5.57 Å². The van der Waals surface area contributed by atoms with E-state index >= 15 is 0 Å². The zero-order valence-corrected chi connectivity index (χ0v) is 9.52. The van der Waals surface area contributed by atoms with Gasteiger partial charge in [-0.15, -0.1) is 0 Å². The lowest BCUT2D eigenvalue weighted by molar-refractivity contribution is -0.162. The average Bonchev–Trinajstić information content (AvgIpc) is 1.83. The molecular formula is C11H20O2. The Morgan fingerprint density at radius 1 is 1.15 bits per heavy atom. The molecule has 0 bridgehead atoms. The summed E-state index contributed by atoms with van der Waals surface area (Å²) in [6, 6.07) is 0. The van der Waals surface area contributed by atoms with Crippen LogP contribution in [0.1, 0.15) is 41.5 Å². The van der Waals surface area contributed by atoms with Crippen LogP contribution in [0, 0.1) is 5.41 Å². The van der Waals surface area contributed by atoms with E-state index in [4.69, 9.17) is 4.74 Å². The van der Waals surface area contributed by atoms with Crippen molar-refractivity contribution in [3.05, 3.63) is 12.2 Å². The maximum absolute atomic E-state index is 11.3. The van der Waals surface area contributed by atoms with Gasteiger partial charge in [-0.05, 0) is 20.8 Å². The summed E-state index contributed by atoms with van der Waals surface area (Å²) in [4.78, 5) is 11.3. The van der Waals surface area contributed by atoms with E-state index in [1.54, 1.807) is 6.92 Å². The van der Waals surface area contributed by atoms with Crippen LogP contribution in [0.25, 0.3) is 0 Å². The van der Waals surface area contributed by atoms with E-state index in [-0.39, 0.29) is 11.4 Å². The molecule has 0 aromatic carbocycles. The molecule has 0 aromatic rings. The van der Waals surface area contributed by atoms with Gasteiger partial charge in [-0.1, -0.05) is 27.4 Å². The second-order valence-electron chi connectivity index (χ2n) is 4.93. The zero-order chi connectivity index (χ0) is 10.9. The summed E-state index contributed by atoms with van der Waals surface area (Å²) in [6.45, 7) is 15.1. The molecule has 0 aliphatic rings. The first-order chi connectivity index (χ1) is 5.58. The molecule has 0 amide bonds. The third-order valence-electron chi connectivity index (χ3n) is 2.50. The fourth-order valence-electron chi connectivity index (χ4n) is 0.472. The first kappa shape index (κ1) is 12.2. The lowest BCUT2D eigenvalue weighted by atomic mass is 9.79. The molecule has 0 saturated heterocycles. The quantitative estimate of drug-likeness (QED) is 0.487. The van der Waals surface area contributed by atoms with Crippen LogP contribution in [0.5, 0.6) is 0 Å². The van der Waals surface area contributed by atoms with Crippen molar-refractivity contribution in [1.29, 1.82) is 0 Å². The Morgan fingerprint density at radius 3 is 1.77 bits per heavy atom. The van der Waals surface area contributed by atoms with Crippen molar-refractivity contribution in [1.82, 2.24) is 0 Å². The summed E-state index contributed by atoms with van der Waals surface area (Å²) in [5.74, 6) is -0.320. The largest absolute Gasteiger partial charge is 0.456 e. The van der Waals surface area contributed by atoms with Crippen LogP contribution in [0.4, 0.5) is 0 Å². The number of rotatable bonds is 2. The first-order valence-corrected chi connectivity index (χ1v) is 4.47. The predicted octanol–water partition coefficient (Wildman–Crippen LogP) is 2.93. The highest BCUT2D eigenvalue weighted by molar-refractivity contribution is 5.87. The molecule has 76 valence electrons. The van der Waals surface area contributed by atoms with E-state index in [2.05, 4.69) is 6.58 Å². The molecule has 0 radical (unpaired) electrons. The van der Waals surface area contributed by atoms with Crippen LogP contribution in [0.15, 0.2) is 12.2 Å². The van der Waals surface area contributed by atoms with E-state index in [1.165, 1.54) is 0 Å². The number of hydrogen-bond acceptors (Lipinski definition) is 2. The van der Waals surface area contributed by atoms with Crippen molar-refractivity contribution in [3.63, 3.8) is 0 Å². The van der Waals surface area contributed by atoms with Crippen molar-refractivity contribution in [2.24, 2.45) is 5.41 Å². The third-order valence-corrected chi connectivity index (χ3v) is 2.50. The normalized spacial score (nSPS) is 12.5. The summed E-state index contributed by atoms with van der Waals surface area (Å²) in [5, 5.41) is 0. The summed E-state index contributed by atoms with van der Waals surface area (Å²) in [6.07, 6.45) is 0. The number of esters is 1. The van der Waals surface area contributed by atoms with E-state index in [9.17, 15) is 4.79 Å². The molecular weight excluding hydrogens is 164 g/mol. The van der Waals surface area contributed by atoms with Gasteiger partial charge in [0.05, 0.1) is 0 Å². The van der Waals surface area contributed by atoms with Crippen LogP contribution >= 0.6 is 0 Å². The molecule has 0 heterocycles. The molecule has 0 rings (SSSR count). The SMILES string of the molecule is C=C(C)C(=O)OC(C)(C)C(C)(C)C. The minimum Gasteiger partial charge on any atom is -0.456 e. The van der Waals surface area contributed by atoms with Crippen molar-refractivity contribution in [2.75, 3.05) is 0 Å². The van der Waals surface area contributed by atoms with Gasteiger partial charge in [-0.3, -0.25) is 0 Å². The van der Waals surface area contributed by atoms with Gasteiger partial charge in [0.1, 0.15) is 5.60 Å². The molecule has 0 aromatic heterocycles. The number of carbonyl (C=O) groups is 1. The van der Waals surface area contributed by atoms with E-state index in [0.717, 1.165) is 0 Å². The second kappa shape index (κ2) is 3.52. The van der Waals surface area contributed by atoms with Gasteiger partial charge in [-0.25, -0.2) is 4.79 Å². The summed E-state index contributed by atoms with van der Waals surface area (Å²) in [5.41, 5.74) is -0.0986. The van der Waals surface area contributed by atoms with Crippen LogP contribution in [-0.4, -0.2) is 11.6 Å². The summed E-state index contributed by atoms with van der Waals surface area (Å²) >= 11 is 0. The van der Waals surface area contributed by atoms with Crippen LogP contribution in [0.2, 0.25) is 0 Å². The Kier molecular flexibility index (Phi) is 3.31. The highest BCUT2D eigenvalue weighted by Gasteiger charge is 2.36. The molecule has 0 spiro atoms. The van der Waals surface area contributed by atoms with Crippen LogP contribution in [0.3, 0.4) is 0 Å². The minimum absolute atomic E-state index is 0.0713. The third kappa shape index (κ3) is 3.21. The molecule has 2 nitrogen and oxygen atoms in total. The van der Waals surface area contributed by atoms with Gasteiger partial charge in [-0.2, -0.15) is 0 Å². The smallest absolute Gasteiger partial charge is 0.333 e. The molecule has 13 heavy (non-hydrogen) atoms. The maximum atomic E-state index is 11.3. The van der Waals surface area contributed by atoms with Gasteiger partial charge in [0.25, 0.3) is 0 Å². The van der Waals surface area contributed by atoms with Gasteiger partial charge in [0.15, 0.2) is 0 Å². The van der Waals surface area contributed by atoms with Crippen molar-refractivity contribution < 1.29 is 9.53 Å². The molecule has 2 heteroatoms. The fraction of sp³-hybridized carbons (Fsp3) is 0.727. The molecule has 0 fully saturated rings. The fourth-order valence-corrected chi connectivity index (χ4v) is 0.472. The Labute approximate surface area is 81.0 Å². The summed E-state index contributed by atoms with van der Waals surface area (Å²) < 4.78 is 5.33. The molecule has 0 N–H and O–H groups in total. The van der Waals surface area contributed by atoms with Gasteiger partial charge in [0.2, 0.25) is 0 Å². The average molecular weight is 184 g/mol. The first-order valence-electron chi connectivity index (χ1n) is 4.47. The number of ether oxygens (including phenoxy) is 1. The Hall–Kier alpha value is -0.790. The lowest BCUT2D eigenvalue weighted by Gasteiger charge is -2.38. The van der Waals surface area contributed by atoms with E-state index in [1.807, 2.05) is 34.6 Å². The second-order valence-corrected chi connectivity index (χ2v) is 4.93. The Bertz CT molecular complexity index is 219. The monoisotopic (exact) mass is 184 g/mol. The van der Waals surface area contributed by atoms with Crippen LogP contribution in [-0.2, 0) is 9.53 Å². The molecule has 0 aliphatic heterocycles. The topological polar surface area (TPSA) is 26.3 Å². The highest BCUT2D eigenvalue weighted by Crippen LogP contribution is 2.33. The zero-order valence-electron chi connectivity index (χ0n) is 9.52. The van der Waals surface area contributed by atoms with E-state index < -0.39 is 5.60 Å². The van der Waals surface area contributed by atoms with Crippen molar-refractivity contribution in [3.8, 4) is 0 Å². The van der Waals surface area contributed by atoms with Crippen molar-refractivity contribution >= 4 is 5.97 Å². The number of hydrogen-bond donors (Lipinski definition) is 0. The predicted molar refractivity (Wildman–Crippen MR) is 54.4 cm³/mol. The summed E-state index contributed by atoms with van der Waals surface area (Å²) in [7, 11) is 0. The Morgan fingerprint density at radius 2 is 1.54 bits per heavy atom. The van der Waals surface area contributed by atoms with Crippen molar-refractivity contribution in [2.45, 2.75) is 47.1 Å². The maximum Gasteiger partial charge on any atom is 0.333 e. The molecule has 0 saturated carbocycles. The van der Waals surface area contributed by atoms with Gasteiger partial charge < -0.3 is 4.74 Å². The molecule has 0 aliphatic carbocycles. The lowest BCUT2D eigenvalue weighted by Crippen LogP contribution is -2.41. The standard InChI is InChI=1S/C11H20O2/c1-8(2)9(12)13-11(6,7)10(3,4)5/h1H2,2-7H3. The van der Waals surface area contributed by atoms with Crippen LogP contribution < -0.4 is 0 Å². The molecule has 0 atom stereocenters. The number of carbonyl (C=O) groups excluding carboxylic acids is 1. The minimum atomic E-state index is -0.469. The van der Waals surface area contributed by atoms with Gasteiger partial charge in [0, 0.05) is 11.0 Å². The van der Waals surface area contributed by atoms with Gasteiger partial charge >= 0.3 is 5.97 Å². The highest BCUT2D eigenvalue weighted by atomic mass is 16.6. The Balaban J connectivity index is 4.53.